The van der Waals surface area contributed by atoms with E-state index in [1.165, 1.54) is 0 Å². The summed E-state index contributed by atoms with van der Waals surface area (Å²) in [6.07, 6.45) is 0.993. The molecule has 0 aromatic heterocycles. The number of urea groups is 1. The SMILES string of the molecule is CCCNC(=O)N1CC(C)OC(CN)C1. The van der Waals surface area contributed by atoms with E-state index >= 15 is 0 Å². The second-order valence-corrected chi connectivity index (χ2v) is 3.94. The Bertz CT molecular complexity index is 211. The van der Waals surface area contributed by atoms with Gasteiger partial charge in [-0.2, -0.15) is 0 Å². The number of nitrogens with two attached hydrogens (primary N) is 1. The summed E-state index contributed by atoms with van der Waals surface area (Å²) in [6.45, 7) is 6.41. The van der Waals surface area contributed by atoms with Crippen molar-refractivity contribution in [1.82, 2.24) is 10.2 Å². The number of carbonyl (C=O) groups excluding carboxylic acids is 1. The molecular weight excluding hydrogens is 194 g/mol. The van der Waals surface area contributed by atoms with Crippen LogP contribution in [-0.2, 0) is 4.74 Å². The summed E-state index contributed by atoms with van der Waals surface area (Å²) in [5.74, 6) is 0. The summed E-state index contributed by atoms with van der Waals surface area (Å²) >= 11 is 0. The average Bonchev–Trinajstić information content (AvgIpc) is 2.24. The largest absolute Gasteiger partial charge is 0.370 e. The molecule has 1 aliphatic rings. The van der Waals surface area contributed by atoms with Crippen molar-refractivity contribution in [3.8, 4) is 0 Å². The minimum Gasteiger partial charge on any atom is -0.370 e. The van der Waals surface area contributed by atoms with Gasteiger partial charge in [0.05, 0.1) is 12.2 Å². The smallest absolute Gasteiger partial charge is 0.317 e. The second-order valence-electron chi connectivity index (χ2n) is 3.94. The van der Waals surface area contributed by atoms with Gasteiger partial charge in [-0.15, -0.1) is 0 Å². The molecule has 1 saturated heterocycles. The number of rotatable bonds is 3. The van der Waals surface area contributed by atoms with E-state index in [1.54, 1.807) is 4.90 Å². The summed E-state index contributed by atoms with van der Waals surface area (Å²) < 4.78 is 5.57. The maximum atomic E-state index is 11.7. The van der Waals surface area contributed by atoms with Gasteiger partial charge in [0.1, 0.15) is 0 Å². The lowest BCUT2D eigenvalue weighted by Gasteiger charge is -2.36. The van der Waals surface area contributed by atoms with Crippen LogP contribution >= 0.6 is 0 Å². The molecule has 2 amide bonds. The first-order chi connectivity index (χ1) is 7.17. The summed E-state index contributed by atoms with van der Waals surface area (Å²) in [6, 6.07) is -0.00884. The maximum Gasteiger partial charge on any atom is 0.317 e. The summed E-state index contributed by atoms with van der Waals surface area (Å²) in [4.78, 5) is 13.5. The van der Waals surface area contributed by atoms with Crippen molar-refractivity contribution < 1.29 is 9.53 Å². The van der Waals surface area contributed by atoms with E-state index in [2.05, 4.69) is 5.32 Å². The Morgan fingerprint density at radius 1 is 1.60 bits per heavy atom. The fourth-order valence-electron chi connectivity index (χ4n) is 1.68. The number of hydrogen-bond acceptors (Lipinski definition) is 3. The third-order valence-corrected chi connectivity index (χ3v) is 2.40. The van der Waals surface area contributed by atoms with Crippen LogP contribution in [0.25, 0.3) is 0 Å². The Kier molecular flexibility index (Phi) is 4.84. The van der Waals surface area contributed by atoms with Gasteiger partial charge in [-0.25, -0.2) is 4.79 Å². The van der Waals surface area contributed by atoms with Gasteiger partial charge < -0.3 is 20.7 Å². The molecule has 88 valence electrons. The molecule has 2 unspecified atom stereocenters. The molecule has 1 fully saturated rings. The average molecular weight is 215 g/mol. The molecule has 1 rings (SSSR count). The van der Waals surface area contributed by atoms with Crippen molar-refractivity contribution >= 4 is 6.03 Å². The third-order valence-electron chi connectivity index (χ3n) is 2.40. The molecule has 0 aromatic carbocycles. The van der Waals surface area contributed by atoms with Gasteiger partial charge >= 0.3 is 6.03 Å². The van der Waals surface area contributed by atoms with Crippen LogP contribution in [0.15, 0.2) is 0 Å². The van der Waals surface area contributed by atoms with Gasteiger partial charge in [0.15, 0.2) is 0 Å². The molecule has 0 saturated carbocycles. The quantitative estimate of drug-likeness (QED) is 0.704. The third kappa shape index (κ3) is 3.68. The zero-order valence-electron chi connectivity index (χ0n) is 9.53. The minimum atomic E-state index is -0.0267. The van der Waals surface area contributed by atoms with Gasteiger partial charge in [0.2, 0.25) is 0 Å². The molecule has 0 spiro atoms. The van der Waals surface area contributed by atoms with Crippen LogP contribution in [0.2, 0.25) is 0 Å². The Balaban J connectivity index is 2.42. The van der Waals surface area contributed by atoms with Crippen LogP contribution in [0, 0.1) is 0 Å². The molecule has 5 heteroatoms. The first-order valence-electron chi connectivity index (χ1n) is 5.55. The predicted molar refractivity (Wildman–Crippen MR) is 58.7 cm³/mol. The van der Waals surface area contributed by atoms with Crippen LogP contribution in [0.3, 0.4) is 0 Å². The molecule has 1 heterocycles. The standard InChI is InChI=1S/C10H21N3O2/c1-3-4-12-10(14)13-6-8(2)15-9(5-11)7-13/h8-9H,3-7,11H2,1-2H3,(H,12,14). The summed E-state index contributed by atoms with van der Waals surface area (Å²) in [5.41, 5.74) is 5.54. The monoisotopic (exact) mass is 215 g/mol. The second kappa shape index (κ2) is 5.92. The van der Waals surface area contributed by atoms with Gasteiger partial charge in [-0.05, 0) is 13.3 Å². The minimum absolute atomic E-state index is 0.00884. The van der Waals surface area contributed by atoms with E-state index in [0.29, 0.717) is 19.6 Å². The number of hydrogen-bond donors (Lipinski definition) is 2. The number of morpholine rings is 1. The fraction of sp³-hybridized carbons (Fsp3) is 0.900. The van der Waals surface area contributed by atoms with Gasteiger partial charge in [-0.3, -0.25) is 0 Å². The molecule has 0 aromatic rings. The number of nitrogens with zero attached hydrogens (tertiary/aromatic N) is 1. The van der Waals surface area contributed by atoms with E-state index in [-0.39, 0.29) is 18.2 Å². The number of ether oxygens (including phenoxy) is 1. The lowest BCUT2D eigenvalue weighted by Crippen LogP contribution is -2.54. The van der Waals surface area contributed by atoms with Crippen molar-refractivity contribution in [3.05, 3.63) is 0 Å². The molecule has 0 radical (unpaired) electrons. The number of carbonyl (C=O) groups is 1. The normalized spacial score (nSPS) is 26.5. The van der Waals surface area contributed by atoms with E-state index in [9.17, 15) is 4.79 Å². The number of nitrogens with one attached hydrogen (secondary N) is 1. The lowest BCUT2D eigenvalue weighted by molar-refractivity contribution is -0.0587. The molecule has 0 bridgehead atoms. The lowest BCUT2D eigenvalue weighted by atomic mass is 10.2. The molecule has 2 atom stereocenters. The van der Waals surface area contributed by atoms with E-state index in [0.717, 1.165) is 13.0 Å². The Hall–Kier alpha value is -0.810. The highest BCUT2D eigenvalue weighted by Gasteiger charge is 2.27. The summed E-state index contributed by atoms with van der Waals surface area (Å²) in [7, 11) is 0. The molecule has 3 N–H and O–H groups in total. The van der Waals surface area contributed by atoms with E-state index < -0.39 is 0 Å². The van der Waals surface area contributed by atoms with Crippen LogP contribution in [0.1, 0.15) is 20.3 Å². The molecule has 1 aliphatic heterocycles. The summed E-state index contributed by atoms with van der Waals surface area (Å²) in [5, 5.41) is 2.86. The topological polar surface area (TPSA) is 67.6 Å². The Morgan fingerprint density at radius 2 is 2.33 bits per heavy atom. The zero-order valence-corrected chi connectivity index (χ0v) is 9.53. The number of amides is 2. The van der Waals surface area contributed by atoms with Crippen molar-refractivity contribution in [2.45, 2.75) is 32.5 Å². The van der Waals surface area contributed by atoms with Crippen molar-refractivity contribution in [3.63, 3.8) is 0 Å². The predicted octanol–water partition coefficient (Wildman–Crippen LogP) is 0.154. The fourth-order valence-corrected chi connectivity index (χ4v) is 1.68. The highest BCUT2D eigenvalue weighted by atomic mass is 16.5. The van der Waals surface area contributed by atoms with Crippen LogP contribution in [0.5, 0.6) is 0 Å². The highest BCUT2D eigenvalue weighted by Crippen LogP contribution is 2.10. The maximum absolute atomic E-state index is 11.7. The van der Waals surface area contributed by atoms with E-state index in [4.69, 9.17) is 10.5 Å². The van der Waals surface area contributed by atoms with Gasteiger partial charge in [0.25, 0.3) is 0 Å². The molecule has 0 aliphatic carbocycles. The highest BCUT2D eigenvalue weighted by molar-refractivity contribution is 5.74. The first kappa shape index (κ1) is 12.3. The van der Waals surface area contributed by atoms with Crippen LogP contribution in [-0.4, -0.2) is 49.3 Å². The van der Waals surface area contributed by atoms with Crippen molar-refractivity contribution in [2.24, 2.45) is 5.73 Å². The van der Waals surface area contributed by atoms with Gasteiger partial charge in [-0.1, -0.05) is 6.92 Å². The van der Waals surface area contributed by atoms with E-state index in [1.807, 2.05) is 13.8 Å². The van der Waals surface area contributed by atoms with Crippen molar-refractivity contribution in [1.29, 1.82) is 0 Å². The van der Waals surface area contributed by atoms with Crippen LogP contribution in [0.4, 0.5) is 4.79 Å². The van der Waals surface area contributed by atoms with Gasteiger partial charge in [0, 0.05) is 26.2 Å². The van der Waals surface area contributed by atoms with Crippen LogP contribution < -0.4 is 11.1 Å². The zero-order chi connectivity index (χ0) is 11.3. The molecule has 5 nitrogen and oxygen atoms in total. The first-order valence-corrected chi connectivity index (χ1v) is 5.55. The molecule has 15 heavy (non-hydrogen) atoms. The Labute approximate surface area is 90.9 Å². The Morgan fingerprint density at radius 3 is 2.93 bits per heavy atom. The van der Waals surface area contributed by atoms with Crippen molar-refractivity contribution in [2.75, 3.05) is 26.2 Å². The molecular formula is C10H21N3O2.